The van der Waals surface area contributed by atoms with Crippen LogP contribution in [0.25, 0.3) is 0 Å². The van der Waals surface area contributed by atoms with Crippen molar-refractivity contribution in [2.45, 2.75) is 38.8 Å². The molecule has 6 nitrogen and oxygen atoms in total. The van der Waals surface area contributed by atoms with Crippen molar-refractivity contribution in [2.24, 2.45) is 5.73 Å². The van der Waals surface area contributed by atoms with Crippen molar-refractivity contribution in [3.05, 3.63) is 4.88 Å². The van der Waals surface area contributed by atoms with E-state index in [1.165, 1.54) is 11.3 Å². The van der Waals surface area contributed by atoms with Crippen LogP contribution in [0.4, 0.5) is 10.9 Å². The van der Waals surface area contributed by atoms with E-state index in [1.54, 1.807) is 0 Å². The smallest absolute Gasteiger partial charge is 0.265 e. The molecule has 1 fully saturated rings. The van der Waals surface area contributed by atoms with E-state index in [0.717, 1.165) is 31.1 Å². The maximum atomic E-state index is 12.1. The van der Waals surface area contributed by atoms with E-state index in [4.69, 9.17) is 11.5 Å². The van der Waals surface area contributed by atoms with Gasteiger partial charge in [-0.25, -0.2) is 4.98 Å². The van der Waals surface area contributed by atoms with Crippen molar-refractivity contribution in [1.29, 1.82) is 0 Å². The first-order chi connectivity index (χ1) is 9.01. The summed E-state index contributed by atoms with van der Waals surface area (Å²) in [5.41, 5.74) is 11.7. The van der Waals surface area contributed by atoms with Crippen molar-refractivity contribution in [2.75, 3.05) is 23.7 Å². The minimum Gasteiger partial charge on any atom is -0.382 e. The Morgan fingerprint density at radius 1 is 1.68 bits per heavy atom. The Bertz CT molecular complexity index is 461. The molecule has 106 valence electrons. The van der Waals surface area contributed by atoms with Crippen LogP contribution in [0.1, 0.15) is 36.4 Å². The van der Waals surface area contributed by atoms with Crippen LogP contribution in [0.15, 0.2) is 0 Å². The van der Waals surface area contributed by atoms with Gasteiger partial charge in [0.1, 0.15) is 10.7 Å². The van der Waals surface area contributed by atoms with Crippen molar-refractivity contribution >= 4 is 28.2 Å². The SMILES string of the molecule is CCC(C)NC(=O)c1sc(N2CCC(N)C2)nc1N. The number of nitrogens with two attached hydrogens (primary N) is 2. The molecule has 7 heteroatoms. The fraction of sp³-hybridized carbons (Fsp3) is 0.667. The molecule has 5 N–H and O–H groups in total. The molecule has 2 rings (SSSR count). The second-order valence-electron chi connectivity index (χ2n) is 4.99. The molecule has 2 heterocycles. The number of aromatic nitrogens is 1. The highest BCUT2D eigenvalue weighted by atomic mass is 32.1. The van der Waals surface area contributed by atoms with Gasteiger partial charge in [0.25, 0.3) is 5.91 Å². The third kappa shape index (κ3) is 3.16. The Hall–Kier alpha value is -1.34. The second kappa shape index (κ2) is 5.75. The van der Waals surface area contributed by atoms with Crippen LogP contribution >= 0.6 is 11.3 Å². The highest BCUT2D eigenvalue weighted by Crippen LogP contribution is 2.30. The van der Waals surface area contributed by atoms with E-state index in [9.17, 15) is 4.79 Å². The van der Waals surface area contributed by atoms with E-state index in [2.05, 4.69) is 15.2 Å². The molecule has 1 aromatic heterocycles. The van der Waals surface area contributed by atoms with Crippen LogP contribution < -0.4 is 21.7 Å². The number of anilines is 2. The summed E-state index contributed by atoms with van der Waals surface area (Å²) < 4.78 is 0. The highest BCUT2D eigenvalue weighted by Gasteiger charge is 2.25. The number of amides is 1. The van der Waals surface area contributed by atoms with E-state index in [0.29, 0.717) is 10.7 Å². The zero-order valence-electron chi connectivity index (χ0n) is 11.3. The van der Waals surface area contributed by atoms with Crippen LogP contribution in [-0.4, -0.2) is 36.1 Å². The maximum absolute atomic E-state index is 12.1. The first kappa shape index (κ1) is 14.1. The van der Waals surface area contributed by atoms with Crippen LogP contribution in [0.3, 0.4) is 0 Å². The van der Waals surface area contributed by atoms with Crippen LogP contribution in [-0.2, 0) is 0 Å². The minimum absolute atomic E-state index is 0.137. The summed E-state index contributed by atoms with van der Waals surface area (Å²) in [5.74, 6) is 0.167. The quantitative estimate of drug-likeness (QED) is 0.759. The number of rotatable bonds is 4. The highest BCUT2D eigenvalue weighted by molar-refractivity contribution is 7.18. The van der Waals surface area contributed by atoms with Gasteiger partial charge in [0.15, 0.2) is 5.13 Å². The molecule has 0 aromatic carbocycles. The molecule has 1 saturated heterocycles. The molecule has 19 heavy (non-hydrogen) atoms. The summed E-state index contributed by atoms with van der Waals surface area (Å²) in [6.45, 7) is 5.65. The molecule has 0 bridgehead atoms. The molecule has 1 aliphatic rings. The Balaban J connectivity index is 2.10. The van der Waals surface area contributed by atoms with Crippen molar-refractivity contribution in [3.63, 3.8) is 0 Å². The Kier molecular flexibility index (Phi) is 4.26. The number of carbonyl (C=O) groups excluding carboxylic acids is 1. The molecular formula is C12H21N5OS. The fourth-order valence-electron chi connectivity index (χ4n) is 1.97. The van der Waals surface area contributed by atoms with Gasteiger partial charge in [-0.2, -0.15) is 0 Å². The van der Waals surface area contributed by atoms with Gasteiger partial charge in [0, 0.05) is 25.2 Å². The summed E-state index contributed by atoms with van der Waals surface area (Å²) in [5, 5.41) is 3.70. The summed E-state index contributed by atoms with van der Waals surface area (Å²) in [6, 6.07) is 0.320. The Labute approximate surface area is 117 Å². The summed E-state index contributed by atoms with van der Waals surface area (Å²) in [6.07, 6.45) is 1.84. The van der Waals surface area contributed by atoms with Gasteiger partial charge in [-0.3, -0.25) is 4.79 Å². The average Bonchev–Trinajstić information content (AvgIpc) is 2.95. The molecule has 0 saturated carbocycles. The van der Waals surface area contributed by atoms with Gasteiger partial charge >= 0.3 is 0 Å². The fourth-order valence-corrected chi connectivity index (χ4v) is 2.89. The number of carbonyl (C=O) groups is 1. The first-order valence-electron chi connectivity index (χ1n) is 6.59. The van der Waals surface area contributed by atoms with E-state index >= 15 is 0 Å². The van der Waals surface area contributed by atoms with Gasteiger partial charge in [0.2, 0.25) is 0 Å². The average molecular weight is 283 g/mol. The van der Waals surface area contributed by atoms with Gasteiger partial charge in [-0.05, 0) is 19.8 Å². The monoisotopic (exact) mass is 283 g/mol. The summed E-state index contributed by atoms with van der Waals surface area (Å²) in [7, 11) is 0. The number of nitrogens with one attached hydrogen (secondary N) is 1. The third-order valence-electron chi connectivity index (χ3n) is 3.33. The minimum atomic E-state index is -0.140. The van der Waals surface area contributed by atoms with Gasteiger partial charge in [0.05, 0.1) is 0 Å². The molecule has 0 aliphatic carbocycles. The van der Waals surface area contributed by atoms with Gasteiger partial charge in [-0.1, -0.05) is 18.3 Å². The van der Waals surface area contributed by atoms with Crippen molar-refractivity contribution in [1.82, 2.24) is 10.3 Å². The molecule has 1 aliphatic heterocycles. The van der Waals surface area contributed by atoms with Crippen LogP contribution in [0, 0.1) is 0 Å². The Morgan fingerprint density at radius 2 is 2.42 bits per heavy atom. The largest absolute Gasteiger partial charge is 0.382 e. The lowest BCUT2D eigenvalue weighted by Crippen LogP contribution is -2.31. The van der Waals surface area contributed by atoms with E-state index in [1.807, 2.05) is 13.8 Å². The van der Waals surface area contributed by atoms with Crippen molar-refractivity contribution < 1.29 is 4.79 Å². The predicted molar refractivity (Wildman–Crippen MR) is 78.6 cm³/mol. The number of thiazole rings is 1. The van der Waals surface area contributed by atoms with Crippen LogP contribution in [0.5, 0.6) is 0 Å². The molecule has 1 aromatic rings. The lowest BCUT2D eigenvalue weighted by molar-refractivity contribution is 0.0944. The van der Waals surface area contributed by atoms with Crippen LogP contribution in [0.2, 0.25) is 0 Å². The number of nitrogen functional groups attached to an aromatic ring is 1. The zero-order chi connectivity index (χ0) is 14.0. The lowest BCUT2D eigenvalue weighted by atomic mass is 10.2. The third-order valence-corrected chi connectivity index (χ3v) is 4.46. The number of nitrogens with zero attached hydrogens (tertiary/aromatic N) is 2. The van der Waals surface area contributed by atoms with Gasteiger partial charge in [-0.15, -0.1) is 0 Å². The van der Waals surface area contributed by atoms with E-state index in [-0.39, 0.29) is 18.0 Å². The molecular weight excluding hydrogens is 262 g/mol. The van der Waals surface area contributed by atoms with Crippen molar-refractivity contribution in [3.8, 4) is 0 Å². The van der Waals surface area contributed by atoms with Gasteiger partial charge < -0.3 is 21.7 Å². The molecule has 0 spiro atoms. The number of hydrogen-bond acceptors (Lipinski definition) is 6. The standard InChI is InChI=1S/C12H21N5OS/c1-3-7(2)15-11(18)9-10(14)16-12(19-9)17-5-4-8(13)6-17/h7-8H,3-6,13-14H2,1-2H3,(H,15,18). The van der Waals surface area contributed by atoms with E-state index < -0.39 is 0 Å². The lowest BCUT2D eigenvalue weighted by Gasteiger charge is -2.13. The predicted octanol–water partition coefficient (Wildman–Crippen LogP) is 0.791. The molecule has 2 atom stereocenters. The Morgan fingerprint density at radius 3 is 3.00 bits per heavy atom. The second-order valence-corrected chi connectivity index (χ2v) is 5.97. The molecule has 0 radical (unpaired) electrons. The zero-order valence-corrected chi connectivity index (χ0v) is 12.2. The number of hydrogen-bond donors (Lipinski definition) is 3. The normalized spacial score (nSPS) is 20.6. The summed E-state index contributed by atoms with van der Waals surface area (Å²) >= 11 is 1.34. The summed E-state index contributed by atoms with van der Waals surface area (Å²) in [4.78, 5) is 18.9. The topological polar surface area (TPSA) is 97.3 Å². The first-order valence-corrected chi connectivity index (χ1v) is 7.40. The maximum Gasteiger partial charge on any atom is 0.265 e. The molecule has 1 amide bonds. The molecule has 2 unspecified atom stereocenters.